The quantitative estimate of drug-likeness (QED) is 0.325. The van der Waals surface area contributed by atoms with Crippen molar-refractivity contribution in [2.24, 2.45) is 0 Å². The van der Waals surface area contributed by atoms with Gasteiger partial charge in [0.25, 0.3) is 16.7 Å². The van der Waals surface area contributed by atoms with Crippen LogP contribution in [0.25, 0.3) is 22.4 Å². The van der Waals surface area contributed by atoms with Crippen molar-refractivity contribution in [3.8, 4) is 11.6 Å². The zero-order valence-corrected chi connectivity index (χ0v) is 16.8. The van der Waals surface area contributed by atoms with Crippen LogP contribution in [0.2, 0.25) is 0 Å². The van der Waals surface area contributed by atoms with Crippen LogP contribution in [0.4, 0.5) is 0 Å². The van der Waals surface area contributed by atoms with E-state index in [2.05, 4.69) is 15.3 Å². The van der Waals surface area contributed by atoms with Crippen molar-refractivity contribution in [1.82, 2.24) is 20.0 Å². The van der Waals surface area contributed by atoms with Crippen LogP contribution >= 0.6 is 11.8 Å². The zero-order chi connectivity index (χ0) is 20.1. The first-order valence-electron chi connectivity index (χ1n) is 9.34. The SMILES string of the molecule is CCOCCSc1nnc(-c2nn(Cc3ccccc3)c(=O)c3ccccc23)o1. The molecular formula is C21H20N4O3S. The van der Waals surface area contributed by atoms with Gasteiger partial charge in [0.1, 0.15) is 0 Å². The van der Waals surface area contributed by atoms with Crippen molar-refractivity contribution in [2.75, 3.05) is 19.0 Å². The highest BCUT2D eigenvalue weighted by molar-refractivity contribution is 7.99. The Morgan fingerprint density at radius 2 is 1.79 bits per heavy atom. The molecule has 29 heavy (non-hydrogen) atoms. The smallest absolute Gasteiger partial charge is 0.276 e. The van der Waals surface area contributed by atoms with Crippen LogP contribution in [-0.4, -0.2) is 38.9 Å². The van der Waals surface area contributed by atoms with Gasteiger partial charge in [0, 0.05) is 17.7 Å². The Bertz CT molecular complexity index is 1160. The molecule has 7 nitrogen and oxygen atoms in total. The molecule has 0 bridgehead atoms. The van der Waals surface area contributed by atoms with Gasteiger partial charge in [-0.25, -0.2) is 4.68 Å². The minimum Gasteiger partial charge on any atom is -0.410 e. The van der Waals surface area contributed by atoms with E-state index in [1.165, 1.54) is 16.4 Å². The molecule has 0 N–H and O–H groups in total. The molecule has 0 atom stereocenters. The molecule has 0 spiro atoms. The van der Waals surface area contributed by atoms with E-state index in [0.717, 1.165) is 11.3 Å². The fraction of sp³-hybridized carbons (Fsp3) is 0.238. The summed E-state index contributed by atoms with van der Waals surface area (Å²) in [6.07, 6.45) is 0. The standard InChI is InChI=1S/C21H20N4O3S/c1-2-27-12-13-29-21-23-22-19(28-21)18-16-10-6-7-11-17(16)20(26)25(24-18)14-15-8-4-3-5-9-15/h3-11H,2,12-14H2,1H3. The Balaban J connectivity index is 1.71. The monoisotopic (exact) mass is 408 g/mol. The van der Waals surface area contributed by atoms with Gasteiger partial charge in [0.2, 0.25) is 0 Å². The first-order valence-corrected chi connectivity index (χ1v) is 10.3. The molecule has 0 saturated carbocycles. The maximum Gasteiger partial charge on any atom is 0.276 e. The summed E-state index contributed by atoms with van der Waals surface area (Å²) in [5, 5.41) is 14.5. The predicted molar refractivity (Wildman–Crippen MR) is 112 cm³/mol. The summed E-state index contributed by atoms with van der Waals surface area (Å²) in [5.41, 5.74) is 1.33. The van der Waals surface area contributed by atoms with Gasteiger partial charge in [0.05, 0.1) is 18.5 Å². The Labute approximate surface area is 171 Å². The summed E-state index contributed by atoms with van der Waals surface area (Å²) in [5.74, 6) is 1.01. The van der Waals surface area contributed by atoms with E-state index in [1.807, 2.05) is 55.5 Å². The summed E-state index contributed by atoms with van der Waals surface area (Å²) < 4.78 is 12.6. The summed E-state index contributed by atoms with van der Waals surface area (Å²) in [7, 11) is 0. The van der Waals surface area contributed by atoms with Crippen molar-refractivity contribution < 1.29 is 9.15 Å². The third kappa shape index (κ3) is 4.38. The van der Waals surface area contributed by atoms with Gasteiger partial charge in [0.15, 0.2) is 5.69 Å². The molecule has 0 aliphatic heterocycles. The van der Waals surface area contributed by atoms with E-state index in [1.54, 1.807) is 6.07 Å². The average molecular weight is 408 g/mol. The molecule has 2 aromatic carbocycles. The zero-order valence-electron chi connectivity index (χ0n) is 15.9. The largest absolute Gasteiger partial charge is 0.410 e. The van der Waals surface area contributed by atoms with E-state index in [-0.39, 0.29) is 5.56 Å². The van der Waals surface area contributed by atoms with Gasteiger partial charge in [-0.15, -0.1) is 10.2 Å². The highest BCUT2D eigenvalue weighted by Gasteiger charge is 2.17. The number of rotatable bonds is 8. The molecule has 148 valence electrons. The van der Waals surface area contributed by atoms with Crippen LogP contribution in [0.1, 0.15) is 12.5 Å². The van der Waals surface area contributed by atoms with Gasteiger partial charge in [-0.05, 0) is 18.6 Å². The summed E-state index contributed by atoms with van der Waals surface area (Å²) >= 11 is 1.43. The van der Waals surface area contributed by atoms with Crippen LogP contribution in [-0.2, 0) is 11.3 Å². The van der Waals surface area contributed by atoms with E-state index in [4.69, 9.17) is 9.15 Å². The number of hydrogen-bond acceptors (Lipinski definition) is 7. The number of aromatic nitrogens is 4. The lowest BCUT2D eigenvalue weighted by Crippen LogP contribution is -2.24. The molecule has 0 fully saturated rings. The van der Waals surface area contributed by atoms with Crippen molar-refractivity contribution in [2.45, 2.75) is 18.7 Å². The van der Waals surface area contributed by atoms with E-state index in [0.29, 0.717) is 47.3 Å². The molecule has 4 rings (SSSR count). The Kier molecular flexibility index (Phi) is 6.02. The third-order valence-corrected chi connectivity index (χ3v) is 5.09. The Morgan fingerprint density at radius 1 is 1.03 bits per heavy atom. The molecule has 0 amide bonds. The number of ether oxygens (including phenoxy) is 1. The molecular weight excluding hydrogens is 388 g/mol. The maximum atomic E-state index is 12.9. The van der Waals surface area contributed by atoms with Crippen molar-refractivity contribution in [3.63, 3.8) is 0 Å². The molecule has 0 saturated heterocycles. The molecule has 2 heterocycles. The number of hydrogen-bond donors (Lipinski definition) is 0. The molecule has 0 radical (unpaired) electrons. The number of fused-ring (bicyclic) bond motifs is 1. The van der Waals surface area contributed by atoms with Crippen LogP contribution in [0, 0.1) is 0 Å². The fourth-order valence-electron chi connectivity index (χ4n) is 2.95. The lowest BCUT2D eigenvalue weighted by atomic mass is 10.1. The number of thioether (sulfide) groups is 1. The van der Waals surface area contributed by atoms with Crippen LogP contribution in [0.5, 0.6) is 0 Å². The predicted octanol–water partition coefficient (Wildman–Crippen LogP) is 3.62. The topological polar surface area (TPSA) is 83.0 Å². The number of nitrogens with zero attached hydrogens (tertiary/aromatic N) is 4. The molecule has 0 aliphatic rings. The second kappa shape index (κ2) is 9.02. The van der Waals surface area contributed by atoms with Gasteiger partial charge in [-0.1, -0.05) is 60.3 Å². The summed E-state index contributed by atoms with van der Waals surface area (Å²) in [4.78, 5) is 12.9. The van der Waals surface area contributed by atoms with Crippen molar-refractivity contribution in [3.05, 3.63) is 70.5 Å². The second-order valence-corrected chi connectivity index (χ2v) is 7.31. The number of benzene rings is 2. The van der Waals surface area contributed by atoms with Gasteiger partial charge in [-0.3, -0.25) is 4.79 Å². The summed E-state index contributed by atoms with van der Waals surface area (Å²) in [6.45, 7) is 3.61. The fourth-order valence-corrected chi connectivity index (χ4v) is 3.56. The van der Waals surface area contributed by atoms with Crippen LogP contribution in [0.3, 0.4) is 0 Å². The van der Waals surface area contributed by atoms with E-state index >= 15 is 0 Å². The highest BCUT2D eigenvalue weighted by Crippen LogP contribution is 2.26. The molecule has 8 heteroatoms. The molecule has 2 aromatic heterocycles. The minimum atomic E-state index is -0.154. The second-order valence-electron chi connectivity index (χ2n) is 6.26. The van der Waals surface area contributed by atoms with Crippen LogP contribution < -0.4 is 5.56 Å². The van der Waals surface area contributed by atoms with Gasteiger partial charge < -0.3 is 9.15 Å². The first-order chi connectivity index (χ1) is 14.3. The molecule has 4 aromatic rings. The Hall–Kier alpha value is -2.97. The highest BCUT2D eigenvalue weighted by atomic mass is 32.2. The minimum absolute atomic E-state index is 0.154. The van der Waals surface area contributed by atoms with E-state index < -0.39 is 0 Å². The van der Waals surface area contributed by atoms with Crippen LogP contribution in [0.15, 0.2) is 69.0 Å². The van der Waals surface area contributed by atoms with E-state index in [9.17, 15) is 4.79 Å². The summed E-state index contributed by atoms with van der Waals surface area (Å²) in [6, 6.07) is 17.1. The Morgan fingerprint density at radius 3 is 2.59 bits per heavy atom. The maximum absolute atomic E-state index is 12.9. The third-order valence-electron chi connectivity index (χ3n) is 4.31. The van der Waals surface area contributed by atoms with Gasteiger partial charge >= 0.3 is 0 Å². The average Bonchev–Trinajstić information content (AvgIpc) is 3.23. The normalized spacial score (nSPS) is 11.2. The lowest BCUT2D eigenvalue weighted by Gasteiger charge is -2.09. The molecule has 0 aliphatic carbocycles. The first kappa shape index (κ1) is 19.4. The molecule has 0 unspecified atom stereocenters. The van der Waals surface area contributed by atoms with Gasteiger partial charge in [-0.2, -0.15) is 5.10 Å². The van der Waals surface area contributed by atoms with Crippen molar-refractivity contribution in [1.29, 1.82) is 0 Å². The van der Waals surface area contributed by atoms with Crippen molar-refractivity contribution >= 4 is 22.5 Å². The lowest BCUT2D eigenvalue weighted by molar-refractivity contribution is 0.164.